The third-order valence-corrected chi connectivity index (χ3v) is 7.20. The van der Waals surface area contributed by atoms with E-state index in [4.69, 9.17) is 0 Å². The van der Waals surface area contributed by atoms with Crippen molar-refractivity contribution in [3.63, 3.8) is 0 Å². The molecule has 3 aromatic rings. The van der Waals surface area contributed by atoms with Crippen LogP contribution in [0, 0.1) is 31.6 Å². The summed E-state index contributed by atoms with van der Waals surface area (Å²) in [4.78, 5) is 31.0. The maximum absolute atomic E-state index is 13.5. The van der Waals surface area contributed by atoms with Crippen molar-refractivity contribution in [2.45, 2.75) is 59.0 Å². The molecule has 178 valence electrons. The molecule has 0 aliphatic heterocycles. The van der Waals surface area contributed by atoms with Gasteiger partial charge in [-0.1, -0.05) is 0 Å². The standard InChI is InChI=1S/C26H32N6O2/c1-4-32-22(13-14-28-32)25(33)30-24(23(18-5-6-18)19-7-8-19)26(34)29-20-9-11-21(12-10-20)31-15-27-16(2)17(31)3/h9-15,18-19,23-24H,4-8H2,1-3H3,(H,29,34)(H,30,33)/t24-/m0/s1. The molecule has 0 radical (unpaired) electrons. The summed E-state index contributed by atoms with van der Waals surface area (Å²) in [7, 11) is 0. The number of anilines is 1. The number of carbonyl (C=O) groups excluding carboxylic acids is 2. The molecule has 2 amide bonds. The highest BCUT2D eigenvalue weighted by Gasteiger charge is 2.48. The first-order valence-electron chi connectivity index (χ1n) is 12.2. The number of amides is 2. The third kappa shape index (κ3) is 4.49. The Hall–Kier alpha value is -3.42. The second-order valence-electron chi connectivity index (χ2n) is 9.56. The molecular formula is C26H32N6O2. The van der Waals surface area contributed by atoms with Gasteiger partial charge in [-0.2, -0.15) is 5.10 Å². The van der Waals surface area contributed by atoms with Crippen molar-refractivity contribution in [1.29, 1.82) is 0 Å². The van der Waals surface area contributed by atoms with Crippen LogP contribution in [-0.4, -0.2) is 37.2 Å². The average Bonchev–Trinajstić information content (AvgIpc) is 3.77. The van der Waals surface area contributed by atoms with Gasteiger partial charge in [0, 0.05) is 29.8 Å². The molecular weight excluding hydrogens is 428 g/mol. The zero-order valence-corrected chi connectivity index (χ0v) is 20.0. The number of hydrogen-bond donors (Lipinski definition) is 2. The van der Waals surface area contributed by atoms with Crippen molar-refractivity contribution >= 4 is 17.5 Å². The lowest BCUT2D eigenvalue weighted by atomic mass is 9.88. The van der Waals surface area contributed by atoms with Crippen LogP contribution in [0.2, 0.25) is 0 Å². The molecule has 2 aliphatic carbocycles. The average molecular weight is 461 g/mol. The van der Waals surface area contributed by atoms with Crippen LogP contribution in [0.1, 0.15) is 54.5 Å². The summed E-state index contributed by atoms with van der Waals surface area (Å²) < 4.78 is 3.68. The Labute approximate surface area is 199 Å². The molecule has 0 bridgehead atoms. The van der Waals surface area contributed by atoms with Crippen LogP contribution in [0.3, 0.4) is 0 Å². The number of imidazole rings is 1. The predicted molar refractivity (Wildman–Crippen MR) is 130 cm³/mol. The summed E-state index contributed by atoms with van der Waals surface area (Å²) in [6, 6.07) is 8.88. The van der Waals surface area contributed by atoms with Crippen molar-refractivity contribution in [2.75, 3.05) is 5.32 Å². The Bertz CT molecular complexity index is 1170. The van der Waals surface area contributed by atoms with Gasteiger partial charge in [-0.25, -0.2) is 4.98 Å². The molecule has 8 nitrogen and oxygen atoms in total. The highest BCUT2D eigenvalue weighted by Crippen LogP contribution is 2.50. The van der Waals surface area contributed by atoms with E-state index in [1.165, 1.54) is 0 Å². The molecule has 2 N–H and O–H groups in total. The molecule has 8 heteroatoms. The molecule has 5 rings (SSSR count). The first-order chi connectivity index (χ1) is 16.5. The molecule has 0 spiro atoms. The van der Waals surface area contributed by atoms with Gasteiger partial charge in [-0.05, 0) is 94.5 Å². The van der Waals surface area contributed by atoms with Gasteiger partial charge in [0.1, 0.15) is 11.7 Å². The lowest BCUT2D eigenvalue weighted by Crippen LogP contribution is -2.50. The summed E-state index contributed by atoms with van der Waals surface area (Å²) in [6.07, 6.45) is 7.95. The Kier molecular flexibility index (Phi) is 5.98. The van der Waals surface area contributed by atoms with Crippen molar-refractivity contribution in [1.82, 2.24) is 24.6 Å². The van der Waals surface area contributed by atoms with E-state index in [9.17, 15) is 9.59 Å². The second kappa shape index (κ2) is 9.08. The maximum Gasteiger partial charge on any atom is 0.270 e. The second-order valence-corrected chi connectivity index (χ2v) is 9.56. The fourth-order valence-corrected chi connectivity index (χ4v) is 4.91. The third-order valence-electron chi connectivity index (χ3n) is 7.20. The van der Waals surface area contributed by atoms with E-state index in [2.05, 4.69) is 20.7 Å². The van der Waals surface area contributed by atoms with Gasteiger partial charge in [-0.3, -0.25) is 14.3 Å². The van der Waals surface area contributed by atoms with Gasteiger partial charge in [-0.15, -0.1) is 0 Å². The zero-order valence-electron chi connectivity index (χ0n) is 20.0. The molecule has 34 heavy (non-hydrogen) atoms. The van der Waals surface area contributed by atoms with E-state index in [1.807, 2.05) is 49.6 Å². The van der Waals surface area contributed by atoms with Gasteiger partial charge in [0.15, 0.2) is 0 Å². The Morgan fingerprint density at radius 3 is 2.29 bits per heavy atom. The number of aromatic nitrogens is 4. The SMILES string of the molecule is CCn1nccc1C(=O)N[C@H](C(=O)Nc1ccc(-n2cnc(C)c2C)cc1)C(C1CC1)C1CC1. The first-order valence-corrected chi connectivity index (χ1v) is 12.2. The fourth-order valence-electron chi connectivity index (χ4n) is 4.91. The molecule has 2 fully saturated rings. The largest absolute Gasteiger partial charge is 0.339 e. The van der Waals surface area contributed by atoms with E-state index in [-0.39, 0.29) is 17.7 Å². The number of aryl methyl sites for hydroxylation is 2. The van der Waals surface area contributed by atoms with Crippen LogP contribution in [0.25, 0.3) is 5.69 Å². The van der Waals surface area contributed by atoms with Crippen LogP contribution in [0.4, 0.5) is 5.69 Å². The molecule has 1 atom stereocenters. The van der Waals surface area contributed by atoms with Crippen LogP contribution < -0.4 is 10.6 Å². The Balaban J connectivity index is 1.35. The monoisotopic (exact) mass is 460 g/mol. The molecule has 1 aromatic carbocycles. The molecule has 0 saturated heterocycles. The number of rotatable bonds is 9. The van der Waals surface area contributed by atoms with Gasteiger partial charge in [0.05, 0.1) is 12.0 Å². The fraction of sp³-hybridized carbons (Fsp3) is 0.462. The predicted octanol–water partition coefficient (Wildman–Crippen LogP) is 3.88. The smallest absolute Gasteiger partial charge is 0.270 e. The minimum atomic E-state index is -0.564. The van der Waals surface area contributed by atoms with Gasteiger partial charge >= 0.3 is 0 Å². The topological polar surface area (TPSA) is 93.8 Å². The quantitative estimate of drug-likeness (QED) is 0.507. The van der Waals surface area contributed by atoms with E-state index < -0.39 is 6.04 Å². The Morgan fingerprint density at radius 1 is 1.06 bits per heavy atom. The summed E-state index contributed by atoms with van der Waals surface area (Å²) in [5.74, 6) is 0.802. The highest BCUT2D eigenvalue weighted by molar-refractivity contribution is 6.00. The maximum atomic E-state index is 13.5. The van der Waals surface area contributed by atoms with Gasteiger partial charge in [0.25, 0.3) is 5.91 Å². The minimum absolute atomic E-state index is 0.151. The molecule has 2 heterocycles. The van der Waals surface area contributed by atoms with Crippen molar-refractivity contribution in [3.05, 3.63) is 59.9 Å². The van der Waals surface area contributed by atoms with Crippen LogP contribution in [0.5, 0.6) is 0 Å². The molecule has 2 aliphatic rings. The summed E-state index contributed by atoms with van der Waals surface area (Å²) in [5, 5.41) is 10.3. The number of nitrogens with zero attached hydrogens (tertiary/aromatic N) is 4. The van der Waals surface area contributed by atoms with E-state index in [0.717, 1.165) is 42.8 Å². The van der Waals surface area contributed by atoms with Crippen molar-refractivity contribution < 1.29 is 9.59 Å². The number of hydrogen-bond acceptors (Lipinski definition) is 4. The first kappa shape index (κ1) is 22.4. The summed E-state index contributed by atoms with van der Waals surface area (Å²) in [5.41, 5.74) is 4.27. The van der Waals surface area contributed by atoms with E-state index in [1.54, 1.807) is 23.3 Å². The Morgan fingerprint density at radius 2 is 1.74 bits per heavy atom. The minimum Gasteiger partial charge on any atom is -0.339 e. The number of nitrogens with one attached hydrogen (secondary N) is 2. The number of benzene rings is 1. The van der Waals surface area contributed by atoms with Crippen molar-refractivity contribution in [2.24, 2.45) is 17.8 Å². The van der Waals surface area contributed by atoms with E-state index in [0.29, 0.717) is 29.8 Å². The molecule has 0 unspecified atom stereocenters. The van der Waals surface area contributed by atoms with Crippen LogP contribution >= 0.6 is 0 Å². The van der Waals surface area contributed by atoms with Gasteiger partial charge < -0.3 is 15.2 Å². The van der Waals surface area contributed by atoms with Crippen LogP contribution in [-0.2, 0) is 11.3 Å². The van der Waals surface area contributed by atoms with Crippen molar-refractivity contribution in [3.8, 4) is 5.69 Å². The zero-order chi connectivity index (χ0) is 23.8. The highest BCUT2D eigenvalue weighted by atomic mass is 16.2. The molecule has 2 saturated carbocycles. The van der Waals surface area contributed by atoms with Gasteiger partial charge in [0.2, 0.25) is 5.91 Å². The lowest BCUT2D eigenvalue weighted by molar-refractivity contribution is -0.119. The van der Waals surface area contributed by atoms with Crippen LogP contribution in [0.15, 0.2) is 42.9 Å². The molecule has 2 aromatic heterocycles. The lowest BCUT2D eigenvalue weighted by Gasteiger charge is -2.27. The number of carbonyl (C=O) groups is 2. The summed E-state index contributed by atoms with van der Waals surface area (Å²) >= 11 is 0. The normalized spacial score (nSPS) is 16.5. The van der Waals surface area contributed by atoms with E-state index >= 15 is 0 Å². The summed E-state index contributed by atoms with van der Waals surface area (Å²) in [6.45, 7) is 6.56.